The number of nitrogens with one attached hydrogen (secondary N) is 2. The second-order valence-electron chi connectivity index (χ2n) is 5.75. The van der Waals surface area contributed by atoms with Gasteiger partial charge in [0.25, 0.3) is 0 Å². The first kappa shape index (κ1) is 17.7. The van der Waals surface area contributed by atoms with Gasteiger partial charge in [-0.15, -0.1) is 0 Å². The Morgan fingerprint density at radius 3 is 2.56 bits per heavy atom. The van der Waals surface area contributed by atoms with Crippen molar-refractivity contribution in [3.8, 4) is 11.8 Å². The van der Waals surface area contributed by atoms with Crippen LogP contribution < -0.4 is 15.6 Å². The average Bonchev–Trinajstić information content (AvgIpc) is 3.02. The van der Waals surface area contributed by atoms with Crippen molar-refractivity contribution in [1.29, 1.82) is 5.26 Å². The van der Waals surface area contributed by atoms with Gasteiger partial charge in [-0.2, -0.15) is 5.26 Å². The van der Waals surface area contributed by atoms with Gasteiger partial charge in [0.1, 0.15) is 11.9 Å². The number of rotatable bonds is 4. The Morgan fingerprint density at radius 1 is 1.24 bits per heavy atom. The standard InChI is InChI=1S/C17H16ClN3O3S/c1-25(22,23)13-6-7-14(15(18)8-13)17-16(10-20-21-17)24-12-4-2-11(9-19)3-5-12/h2-8,16-17,20-21H,10H2,1H3. The molecule has 0 aromatic heterocycles. The maximum atomic E-state index is 11.6. The van der Waals surface area contributed by atoms with Crippen LogP contribution in [0.5, 0.6) is 5.75 Å². The number of benzene rings is 2. The van der Waals surface area contributed by atoms with E-state index in [2.05, 4.69) is 16.9 Å². The molecule has 25 heavy (non-hydrogen) atoms. The van der Waals surface area contributed by atoms with Crippen molar-refractivity contribution in [2.24, 2.45) is 0 Å². The number of hydrogen-bond donors (Lipinski definition) is 2. The molecular weight excluding hydrogens is 362 g/mol. The van der Waals surface area contributed by atoms with Crippen molar-refractivity contribution in [3.63, 3.8) is 0 Å². The van der Waals surface area contributed by atoms with Crippen LogP contribution in [0.3, 0.4) is 0 Å². The topological polar surface area (TPSA) is 91.2 Å². The molecule has 1 saturated heterocycles. The van der Waals surface area contributed by atoms with Gasteiger partial charge in [-0.05, 0) is 42.0 Å². The normalized spacial score (nSPS) is 20.2. The van der Waals surface area contributed by atoms with E-state index in [1.54, 1.807) is 30.3 Å². The van der Waals surface area contributed by atoms with Gasteiger partial charge >= 0.3 is 0 Å². The molecule has 2 unspecified atom stereocenters. The quantitative estimate of drug-likeness (QED) is 0.848. The molecule has 2 atom stereocenters. The predicted octanol–water partition coefficient (Wildman–Crippen LogP) is 2.21. The highest BCUT2D eigenvalue weighted by molar-refractivity contribution is 7.90. The Balaban J connectivity index is 1.82. The summed E-state index contributed by atoms with van der Waals surface area (Å²) in [6.45, 7) is 0.550. The van der Waals surface area contributed by atoms with Crippen molar-refractivity contribution in [2.45, 2.75) is 17.0 Å². The van der Waals surface area contributed by atoms with Gasteiger partial charge in [0.2, 0.25) is 0 Å². The maximum absolute atomic E-state index is 11.6. The van der Waals surface area contributed by atoms with E-state index in [-0.39, 0.29) is 17.0 Å². The fourth-order valence-electron chi connectivity index (χ4n) is 2.64. The number of nitriles is 1. The third-order valence-corrected chi connectivity index (χ3v) is 5.38. The summed E-state index contributed by atoms with van der Waals surface area (Å²) in [4.78, 5) is 0.178. The third-order valence-electron chi connectivity index (χ3n) is 3.94. The molecule has 0 spiro atoms. The van der Waals surface area contributed by atoms with Gasteiger partial charge < -0.3 is 4.74 Å². The van der Waals surface area contributed by atoms with E-state index in [4.69, 9.17) is 21.6 Å². The monoisotopic (exact) mass is 377 g/mol. The Hall–Kier alpha value is -2.11. The highest BCUT2D eigenvalue weighted by atomic mass is 35.5. The van der Waals surface area contributed by atoms with E-state index in [1.165, 1.54) is 12.1 Å². The van der Waals surface area contributed by atoms with Crippen LogP contribution in [0.2, 0.25) is 5.02 Å². The minimum Gasteiger partial charge on any atom is -0.487 e. The molecular formula is C17H16ClN3O3S. The summed E-state index contributed by atoms with van der Waals surface area (Å²) in [5, 5.41) is 9.20. The van der Waals surface area contributed by atoms with Gasteiger partial charge in [0, 0.05) is 17.8 Å². The van der Waals surface area contributed by atoms with Crippen LogP contribution in [-0.2, 0) is 9.84 Å². The molecule has 130 valence electrons. The zero-order valence-electron chi connectivity index (χ0n) is 13.4. The second kappa shape index (κ2) is 7.02. The predicted molar refractivity (Wildman–Crippen MR) is 94.0 cm³/mol. The molecule has 1 aliphatic heterocycles. The van der Waals surface area contributed by atoms with E-state index in [1.807, 2.05) is 0 Å². The number of hydrazine groups is 1. The van der Waals surface area contributed by atoms with Crippen LogP contribution in [0.1, 0.15) is 17.2 Å². The number of nitrogens with zero attached hydrogens (tertiary/aromatic N) is 1. The summed E-state index contributed by atoms with van der Waals surface area (Å²) in [6.07, 6.45) is 0.902. The lowest BCUT2D eigenvalue weighted by Crippen LogP contribution is -2.28. The van der Waals surface area contributed by atoms with Gasteiger partial charge in [-0.3, -0.25) is 5.43 Å². The number of halogens is 1. The Bertz CT molecular complexity index is 923. The molecule has 3 rings (SSSR count). The molecule has 2 N–H and O–H groups in total. The molecule has 0 aliphatic carbocycles. The highest BCUT2D eigenvalue weighted by Gasteiger charge is 2.32. The Labute approximate surface area is 151 Å². The van der Waals surface area contributed by atoms with Crippen LogP contribution >= 0.6 is 11.6 Å². The SMILES string of the molecule is CS(=O)(=O)c1ccc(C2NNCC2Oc2ccc(C#N)cc2)c(Cl)c1. The van der Waals surface area contributed by atoms with E-state index in [0.717, 1.165) is 11.8 Å². The maximum Gasteiger partial charge on any atom is 0.175 e. The summed E-state index contributed by atoms with van der Waals surface area (Å²) in [7, 11) is -3.31. The van der Waals surface area contributed by atoms with Gasteiger partial charge in [0.15, 0.2) is 9.84 Å². The van der Waals surface area contributed by atoms with Gasteiger partial charge in [0.05, 0.1) is 22.6 Å². The molecule has 0 bridgehead atoms. The molecule has 0 amide bonds. The van der Waals surface area contributed by atoms with E-state index < -0.39 is 9.84 Å². The lowest BCUT2D eigenvalue weighted by molar-refractivity contribution is 0.197. The zero-order chi connectivity index (χ0) is 18.0. The Morgan fingerprint density at radius 2 is 1.96 bits per heavy atom. The molecule has 1 aliphatic rings. The minimum atomic E-state index is -3.31. The average molecular weight is 378 g/mol. The molecule has 0 saturated carbocycles. The smallest absolute Gasteiger partial charge is 0.175 e. The molecule has 2 aromatic rings. The summed E-state index contributed by atoms with van der Waals surface area (Å²) in [6, 6.07) is 13.4. The molecule has 2 aromatic carbocycles. The van der Waals surface area contributed by atoms with Gasteiger partial charge in [-0.1, -0.05) is 17.7 Å². The molecule has 8 heteroatoms. The third kappa shape index (κ3) is 3.94. The molecule has 1 fully saturated rings. The van der Waals surface area contributed by atoms with Crippen molar-refractivity contribution in [1.82, 2.24) is 10.9 Å². The van der Waals surface area contributed by atoms with E-state index in [0.29, 0.717) is 22.9 Å². The van der Waals surface area contributed by atoms with Crippen molar-refractivity contribution >= 4 is 21.4 Å². The highest BCUT2D eigenvalue weighted by Crippen LogP contribution is 2.31. The summed E-state index contributed by atoms with van der Waals surface area (Å²) >= 11 is 6.30. The van der Waals surface area contributed by atoms with Crippen molar-refractivity contribution in [3.05, 3.63) is 58.6 Å². The van der Waals surface area contributed by atoms with Crippen LogP contribution in [0.4, 0.5) is 0 Å². The van der Waals surface area contributed by atoms with Crippen molar-refractivity contribution in [2.75, 3.05) is 12.8 Å². The minimum absolute atomic E-state index is 0.178. The molecule has 6 nitrogen and oxygen atoms in total. The van der Waals surface area contributed by atoms with Crippen molar-refractivity contribution < 1.29 is 13.2 Å². The fraction of sp³-hybridized carbons (Fsp3) is 0.235. The fourth-order valence-corrected chi connectivity index (χ4v) is 3.65. The number of hydrogen-bond acceptors (Lipinski definition) is 6. The Kier molecular flexibility index (Phi) is 4.97. The van der Waals surface area contributed by atoms with E-state index >= 15 is 0 Å². The first-order chi connectivity index (χ1) is 11.9. The first-order valence-electron chi connectivity index (χ1n) is 7.53. The van der Waals surface area contributed by atoms with Gasteiger partial charge in [-0.25, -0.2) is 13.8 Å². The van der Waals surface area contributed by atoms with Crippen LogP contribution in [-0.4, -0.2) is 27.3 Å². The largest absolute Gasteiger partial charge is 0.487 e. The second-order valence-corrected chi connectivity index (χ2v) is 8.17. The summed E-state index contributed by atoms with van der Waals surface area (Å²) < 4.78 is 29.3. The molecule has 1 heterocycles. The lowest BCUT2D eigenvalue weighted by atomic mass is 10.0. The van der Waals surface area contributed by atoms with Crippen LogP contribution in [0, 0.1) is 11.3 Å². The van der Waals surface area contributed by atoms with E-state index in [9.17, 15) is 8.42 Å². The number of sulfone groups is 1. The summed E-state index contributed by atoms with van der Waals surface area (Å²) in [5.41, 5.74) is 7.44. The molecule has 0 radical (unpaired) electrons. The lowest BCUT2D eigenvalue weighted by Gasteiger charge is -2.21. The number of ether oxygens (including phenoxy) is 1. The first-order valence-corrected chi connectivity index (χ1v) is 9.80. The zero-order valence-corrected chi connectivity index (χ0v) is 14.9. The summed E-state index contributed by atoms with van der Waals surface area (Å²) in [5.74, 6) is 0.642. The van der Waals surface area contributed by atoms with Crippen LogP contribution in [0.15, 0.2) is 47.4 Å². The van der Waals surface area contributed by atoms with Crippen LogP contribution in [0.25, 0.3) is 0 Å².